The number of unbranched alkanes of at least 4 members (excludes halogenated alkanes) is 2. The molecule has 0 unspecified atom stereocenters. The molecule has 4 nitrogen and oxygen atoms in total. The molecule has 4 heteroatoms. The number of aryl methyl sites for hydroxylation is 1. The van der Waals surface area contributed by atoms with Crippen molar-refractivity contribution in [2.24, 2.45) is 0 Å². The van der Waals surface area contributed by atoms with Gasteiger partial charge in [-0.15, -0.1) is 0 Å². The molecule has 0 aromatic carbocycles. The van der Waals surface area contributed by atoms with E-state index in [0.717, 1.165) is 31.2 Å². The van der Waals surface area contributed by atoms with Crippen LogP contribution in [0.15, 0.2) is 4.79 Å². The summed E-state index contributed by atoms with van der Waals surface area (Å²) in [6, 6.07) is 3.79. The first-order valence-corrected chi connectivity index (χ1v) is 5.71. The Morgan fingerprint density at radius 3 is 2.35 bits per heavy atom. The van der Waals surface area contributed by atoms with Gasteiger partial charge >= 0.3 is 0 Å². The number of aromatic amines is 1. The standard InChI is InChI=1S/C13H15N3O/c1-3-4-5-6-10-9(2)16-13(17)12(8-15)11(10)7-14/h3-6H2,1-2H3,(H,16,17). The summed E-state index contributed by atoms with van der Waals surface area (Å²) in [5, 5.41) is 18.0. The summed E-state index contributed by atoms with van der Waals surface area (Å²) in [6.07, 6.45) is 3.86. The molecule has 0 amide bonds. The van der Waals surface area contributed by atoms with E-state index in [1.807, 2.05) is 6.07 Å². The number of pyridine rings is 1. The SMILES string of the molecule is CCCCCc1c(C)[nH]c(=O)c(C#N)c1C#N. The highest BCUT2D eigenvalue weighted by Gasteiger charge is 2.14. The van der Waals surface area contributed by atoms with E-state index in [2.05, 4.69) is 11.9 Å². The van der Waals surface area contributed by atoms with Crippen molar-refractivity contribution in [3.8, 4) is 12.1 Å². The second kappa shape index (κ2) is 5.86. The first-order chi connectivity index (χ1) is 8.15. The number of H-pyrrole nitrogens is 1. The second-order valence-electron chi connectivity index (χ2n) is 3.99. The van der Waals surface area contributed by atoms with Crippen LogP contribution in [-0.4, -0.2) is 4.98 Å². The van der Waals surface area contributed by atoms with Crippen LogP contribution in [-0.2, 0) is 6.42 Å². The van der Waals surface area contributed by atoms with Gasteiger partial charge in [0.1, 0.15) is 17.7 Å². The lowest BCUT2D eigenvalue weighted by atomic mass is 9.98. The quantitative estimate of drug-likeness (QED) is 0.803. The number of rotatable bonds is 4. The zero-order valence-corrected chi connectivity index (χ0v) is 10.1. The predicted octanol–water partition coefficient (Wildman–Crippen LogP) is 2.16. The molecule has 0 radical (unpaired) electrons. The minimum atomic E-state index is -0.471. The molecular weight excluding hydrogens is 214 g/mol. The van der Waals surface area contributed by atoms with Crippen molar-refractivity contribution in [1.29, 1.82) is 10.5 Å². The molecule has 0 saturated carbocycles. The molecular formula is C13H15N3O. The lowest BCUT2D eigenvalue weighted by molar-refractivity contribution is 0.711. The molecule has 0 fully saturated rings. The van der Waals surface area contributed by atoms with E-state index >= 15 is 0 Å². The molecule has 0 spiro atoms. The molecule has 0 aliphatic heterocycles. The Bertz CT molecular complexity index is 543. The fourth-order valence-corrected chi connectivity index (χ4v) is 1.85. The van der Waals surface area contributed by atoms with Gasteiger partial charge < -0.3 is 4.98 Å². The Kier molecular flexibility index (Phi) is 4.48. The fraction of sp³-hybridized carbons (Fsp3) is 0.462. The number of nitrogens with zero attached hydrogens (tertiary/aromatic N) is 2. The highest BCUT2D eigenvalue weighted by atomic mass is 16.1. The van der Waals surface area contributed by atoms with E-state index in [-0.39, 0.29) is 11.1 Å². The Labute approximate surface area is 101 Å². The molecule has 1 heterocycles. The topological polar surface area (TPSA) is 80.4 Å². The first-order valence-electron chi connectivity index (χ1n) is 5.71. The van der Waals surface area contributed by atoms with E-state index in [0.29, 0.717) is 5.69 Å². The van der Waals surface area contributed by atoms with Crippen molar-refractivity contribution in [1.82, 2.24) is 4.98 Å². The third-order valence-electron chi connectivity index (χ3n) is 2.79. The number of nitrogens with one attached hydrogen (secondary N) is 1. The van der Waals surface area contributed by atoms with Crippen molar-refractivity contribution in [3.63, 3.8) is 0 Å². The summed E-state index contributed by atoms with van der Waals surface area (Å²) in [6.45, 7) is 3.87. The van der Waals surface area contributed by atoms with Gasteiger partial charge in [0.15, 0.2) is 0 Å². The lowest BCUT2D eigenvalue weighted by Crippen LogP contribution is -2.17. The summed E-state index contributed by atoms with van der Waals surface area (Å²) in [4.78, 5) is 14.1. The molecule has 17 heavy (non-hydrogen) atoms. The lowest BCUT2D eigenvalue weighted by Gasteiger charge is -2.08. The van der Waals surface area contributed by atoms with Crippen LogP contribution in [0.1, 0.15) is 48.6 Å². The smallest absolute Gasteiger partial charge is 0.267 e. The van der Waals surface area contributed by atoms with Gasteiger partial charge in [0.05, 0.1) is 5.56 Å². The maximum Gasteiger partial charge on any atom is 0.267 e. The van der Waals surface area contributed by atoms with Crippen LogP contribution in [0.5, 0.6) is 0 Å². The Balaban J connectivity index is 3.25. The average Bonchev–Trinajstić information content (AvgIpc) is 2.31. The Morgan fingerprint density at radius 1 is 1.18 bits per heavy atom. The summed E-state index contributed by atoms with van der Waals surface area (Å²) < 4.78 is 0. The molecule has 1 aromatic heterocycles. The third kappa shape index (κ3) is 2.73. The van der Waals surface area contributed by atoms with E-state index in [9.17, 15) is 4.79 Å². The van der Waals surface area contributed by atoms with Crippen LogP contribution in [0.4, 0.5) is 0 Å². The zero-order valence-electron chi connectivity index (χ0n) is 10.1. The van der Waals surface area contributed by atoms with E-state index in [1.54, 1.807) is 13.0 Å². The van der Waals surface area contributed by atoms with Crippen molar-refractivity contribution in [2.45, 2.75) is 39.5 Å². The number of hydrogen-bond acceptors (Lipinski definition) is 3. The van der Waals surface area contributed by atoms with Crippen LogP contribution in [0.2, 0.25) is 0 Å². The van der Waals surface area contributed by atoms with Crippen molar-refractivity contribution in [2.75, 3.05) is 0 Å². The predicted molar refractivity (Wildman–Crippen MR) is 64.5 cm³/mol. The molecule has 0 aliphatic rings. The van der Waals surface area contributed by atoms with Gasteiger partial charge in [0.2, 0.25) is 0 Å². The molecule has 0 bridgehead atoms. The molecule has 1 aromatic rings. The van der Waals surface area contributed by atoms with Gasteiger partial charge in [0, 0.05) is 5.69 Å². The number of hydrogen-bond donors (Lipinski definition) is 1. The summed E-state index contributed by atoms with van der Waals surface area (Å²) in [5.41, 5.74) is 1.20. The number of nitriles is 2. The van der Waals surface area contributed by atoms with Gasteiger partial charge in [0.25, 0.3) is 5.56 Å². The highest BCUT2D eigenvalue weighted by molar-refractivity contribution is 5.50. The molecule has 88 valence electrons. The van der Waals surface area contributed by atoms with Crippen molar-refractivity contribution >= 4 is 0 Å². The first kappa shape index (κ1) is 13.0. The molecule has 0 saturated heterocycles. The van der Waals surface area contributed by atoms with Crippen LogP contribution in [0, 0.1) is 29.6 Å². The maximum atomic E-state index is 11.5. The molecule has 1 N–H and O–H groups in total. The summed E-state index contributed by atoms with van der Waals surface area (Å²) >= 11 is 0. The summed E-state index contributed by atoms with van der Waals surface area (Å²) in [7, 11) is 0. The highest BCUT2D eigenvalue weighted by Crippen LogP contribution is 2.16. The monoisotopic (exact) mass is 229 g/mol. The Hall–Kier alpha value is -2.07. The van der Waals surface area contributed by atoms with E-state index in [4.69, 9.17) is 10.5 Å². The van der Waals surface area contributed by atoms with Gasteiger partial charge in [-0.2, -0.15) is 10.5 Å². The minimum absolute atomic E-state index is 0.0652. The summed E-state index contributed by atoms with van der Waals surface area (Å²) in [5.74, 6) is 0. The fourth-order valence-electron chi connectivity index (χ4n) is 1.85. The third-order valence-corrected chi connectivity index (χ3v) is 2.79. The minimum Gasteiger partial charge on any atom is -0.325 e. The van der Waals surface area contributed by atoms with Crippen LogP contribution in [0.25, 0.3) is 0 Å². The molecule has 1 rings (SSSR count). The van der Waals surface area contributed by atoms with Crippen LogP contribution < -0.4 is 5.56 Å². The van der Waals surface area contributed by atoms with Gasteiger partial charge in [-0.1, -0.05) is 19.8 Å². The van der Waals surface area contributed by atoms with Gasteiger partial charge in [-0.3, -0.25) is 4.79 Å². The van der Waals surface area contributed by atoms with Gasteiger partial charge in [-0.05, 0) is 25.3 Å². The maximum absolute atomic E-state index is 11.5. The van der Waals surface area contributed by atoms with Crippen LogP contribution in [0.3, 0.4) is 0 Å². The van der Waals surface area contributed by atoms with E-state index < -0.39 is 5.56 Å². The molecule has 0 atom stereocenters. The van der Waals surface area contributed by atoms with Gasteiger partial charge in [-0.25, -0.2) is 0 Å². The van der Waals surface area contributed by atoms with Crippen molar-refractivity contribution < 1.29 is 0 Å². The number of aromatic nitrogens is 1. The largest absolute Gasteiger partial charge is 0.325 e. The molecule has 0 aliphatic carbocycles. The second-order valence-corrected chi connectivity index (χ2v) is 3.99. The zero-order chi connectivity index (χ0) is 12.8. The van der Waals surface area contributed by atoms with Crippen LogP contribution >= 0.6 is 0 Å². The van der Waals surface area contributed by atoms with Crippen molar-refractivity contribution in [3.05, 3.63) is 32.7 Å². The normalized spacial score (nSPS) is 9.65. The Morgan fingerprint density at radius 2 is 1.82 bits per heavy atom. The van der Waals surface area contributed by atoms with E-state index in [1.165, 1.54) is 0 Å². The average molecular weight is 229 g/mol.